The van der Waals surface area contributed by atoms with E-state index < -0.39 is 5.97 Å². The second-order valence-electron chi connectivity index (χ2n) is 4.19. The summed E-state index contributed by atoms with van der Waals surface area (Å²) in [5, 5.41) is 8.57. The molecule has 5 nitrogen and oxygen atoms in total. The molecule has 1 aromatic carbocycles. The third-order valence-corrected chi connectivity index (χ3v) is 2.68. The van der Waals surface area contributed by atoms with E-state index in [0.29, 0.717) is 19.6 Å². The third kappa shape index (κ3) is 4.13. The maximum Gasteiger partial charge on any atom is 0.303 e. The summed E-state index contributed by atoms with van der Waals surface area (Å²) in [5.74, 6) is -0.00288. The molecule has 0 radical (unpaired) electrons. The van der Waals surface area contributed by atoms with Crippen molar-refractivity contribution < 1.29 is 14.6 Å². The second kappa shape index (κ2) is 6.58. The highest BCUT2D eigenvalue weighted by molar-refractivity contribution is 5.66. The number of para-hydroxylation sites is 1. The van der Waals surface area contributed by atoms with Crippen LogP contribution < -0.4 is 4.74 Å². The van der Waals surface area contributed by atoms with Crippen molar-refractivity contribution >= 4 is 5.97 Å². The molecule has 100 valence electrons. The van der Waals surface area contributed by atoms with Crippen LogP contribution in [0.15, 0.2) is 43.0 Å². The Balaban J connectivity index is 1.94. The number of carboxylic acids is 1. The largest absolute Gasteiger partial charge is 0.493 e. The van der Waals surface area contributed by atoms with Crippen molar-refractivity contribution in [3.8, 4) is 5.75 Å². The van der Waals surface area contributed by atoms with Gasteiger partial charge in [0.25, 0.3) is 0 Å². The molecule has 19 heavy (non-hydrogen) atoms. The average molecular weight is 260 g/mol. The van der Waals surface area contributed by atoms with Gasteiger partial charge >= 0.3 is 5.97 Å². The Kier molecular flexibility index (Phi) is 4.55. The Morgan fingerprint density at radius 2 is 2.21 bits per heavy atom. The molecule has 2 aromatic rings. The molecule has 0 aliphatic heterocycles. The van der Waals surface area contributed by atoms with Crippen LogP contribution in [0.1, 0.15) is 18.4 Å². The lowest BCUT2D eigenvalue weighted by atomic mass is 10.2. The maximum absolute atomic E-state index is 10.4. The number of imidazole rings is 1. The van der Waals surface area contributed by atoms with Crippen LogP contribution in [0.5, 0.6) is 5.75 Å². The molecule has 0 fully saturated rings. The van der Waals surface area contributed by atoms with E-state index in [4.69, 9.17) is 9.84 Å². The zero-order valence-corrected chi connectivity index (χ0v) is 10.5. The fraction of sp³-hybridized carbons (Fsp3) is 0.286. The molecule has 0 amide bonds. The zero-order valence-electron chi connectivity index (χ0n) is 10.5. The van der Waals surface area contributed by atoms with Crippen molar-refractivity contribution in [1.82, 2.24) is 9.55 Å². The average Bonchev–Trinajstić information content (AvgIpc) is 2.89. The van der Waals surface area contributed by atoms with Crippen LogP contribution in [0.2, 0.25) is 0 Å². The van der Waals surface area contributed by atoms with E-state index in [1.807, 2.05) is 35.0 Å². The fourth-order valence-corrected chi connectivity index (χ4v) is 1.76. The smallest absolute Gasteiger partial charge is 0.303 e. The molecule has 1 heterocycles. The van der Waals surface area contributed by atoms with Gasteiger partial charge in [-0.2, -0.15) is 0 Å². The Morgan fingerprint density at radius 3 is 2.95 bits per heavy atom. The molecule has 0 atom stereocenters. The van der Waals surface area contributed by atoms with Crippen molar-refractivity contribution in [2.75, 3.05) is 6.61 Å². The normalized spacial score (nSPS) is 10.3. The number of hydrogen-bond donors (Lipinski definition) is 1. The molecule has 1 N–H and O–H groups in total. The molecule has 5 heteroatoms. The van der Waals surface area contributed by atoms with Gasteiger partial charge in [-0.3, -0.25) is 4.79 Å². The van der Waals surface area contributed by atoms with E-state index in [0.717, 1.165) is 11.3 Å². The molecular weight excluding hydrogens is 244 g/mol. The lowest BCUT2D eigenvalue weighted by Crippen LogP contribution is -2.05. The van der Waals surface area contributed by atoms with Gasteiger partial charge in [0.05, 0.1) is 19.5 Å². The number of ether oxygens (including phenoxy) is 1. The fourth-order valence-electron chi connectivity index (χ4n) is 1.76. The number of benzene rings is 1. The number of carboxylic acid groups (broad SMARTS) is 1. The number of nitrogens with zero attached hydrogens (tertiary/aromatic N) is 2. The summed E-state index contributed by atoms with van der Waals surface area (Å²) in [4.78, 5) is 14.4. The molecule has 0 unspecified atom stereocenters. The number of aliphatic carboxylic acids is 1. The summed E-state index contributed by atoms with van der Waals surface area (Å²) in [6.07, 6.45) is 6.01. The molecule has 0 saturated carbocycles. The molecule has 0 spiro atoms. The predicted octanol–water partition coefficient (Wildman–Crippen LogP) is 2.17. The van der Waals surface area contributed by atoms with Crippen LogP contribution >= 0.6 is 0 Å². The standard InChI is InChI=1S/C14H16N2O3/c17-14(18)6-3-9-19-13-5-2-1-4-12(13)10-16-8-7-15-11-16/h1-2,4-5,7-8,11H,3,6,9-10H2,(H,17,18). The number of aromatic nitrogens is 2. The summed E-state index contributed by atoms with van der Waals surface area (Å²) in [5.41, 5.74) is 1.05. The monoisotopic (exact) mass is 260 g/mol. The van der Waals surface area contributed by atoms with Gasteiger partial charge < -0.3 is 14.4 Å². The van der Waals surface area contributed by atoms with E-state index >= 15 is 0 Å². The Morgan fingerprint density at radius 1 is 1.37 bits per heavy atom. The first-order valence-electron chi connectivity index (χ1n) is 6.14. The number of hydrogen-bond acceptors (Lipinski definition) is 3. The topological polar surface area (TPSA) is 64.3 Å². The summed E-state index contributed by atoms with van der Waals surface area (Å²) >= 11 is 0. The Hall–Kier alpha value is -2.30. The lowest BCUT2D eigenvalue weighted by molar-refractivity contribution is -0.137. The molecule has 0 saturated heterocycles. The van der Waals surface area contributed by atoms with Gasteiger partial charge in [-0.1, -0.05) is 18.2 Å². The van der Waals surface area contributed by atoms with Gasteiger partial charge in [-0.25, -0.2) is 4.98 Å². The van der Waals surface area contributed by atoms with Gasteiger partial charge in [-0.05, 0) is 12.5 Å². The van der Waals surface area contributed by atoms with Gasteiger partial charge in [0, 0.05) is 24.4 Å². The lowest BCUT2D eigenvalue weighted by Gasteiger charge is -2.11. The van der Waals surface area contributed by atoms with Crippen LogP contribution in [0, 0.1) is 0 Å². The van der Waals surface area contributed by atoms with E-state index in [-0.39, 0.29) is 6.42 Å². The quantitative estimate of drug-likeness (QED) is 0.775. The van der Waals surface area contributed by atoms with E-state index in [9.17, 15) is 4.79 Å². The predicted molar refractivity (Wildman–Crippen MR) is 70.1 cm³/mol. The molecular formula is C14H16N2O3. The Bertz CT molecular complexity index is 523. The summed E-state index contributed by atoms with van der Waals surface area (Å²) in [6, 6.07) is 7.75. The van der Waals surface area contributed by atoms with Crippen molar-refractivity contribution in [3.63, 3.8) is 0 Å². The third-order valence-electron chi connectivity index (χ3n) is 2.68. The van der Waals surface area contributed by atoms with E-state index in [1.165, 1.54) is 0 Å². The molecule has 0 bridgehead atoms. The minimum Gasteiger partial charge on any atom is -0.493 e. The second-order valence-corrected chi connectivity index (χ2v) is 4.19. The highest BCUT2D eigenvalue weighted by Crippen LogP contribution is 2.19. The van der Waals surface area contributed by atoms with Gasteiger partial charge in [0.2, 0.25) is 0 Å². The molecule has 0 aliphatic carbocycles. The van der Waals surface area contributed by atoms with Crippen molar-refractivity contribution in [3.05, 3.63) is 48.5 Å². The minimum atomic E-state index is -0.796. The van der Waals surface area contributed by atoms with Crippen LogP contribution in [0.25, 0.3) is 0 Å². The van der Waals surface area contributed by atoms with Gasteiger partial charge in [0.1, 0.15) is 5.75 Å². The molecule has 2 rings (SSSR count). The van der Waals surface area contributed by atoms with Crippen molar-refractivity contribution in [2.24, 2.45) is 0 Å². The first-order valence-corrected chi connectivity index (χ1v) is 6.14. The van der Waals surface area contributed by atoms with Gasteiger partial charge in [-0.15, -0.1) is 0 Å². The highest BCUT2D eigenvalue weighted by atomic mass is 16.5. The summed E-state index contributed by atoms with van der Waals surface area (Å²) in [7, 11) is 0. The zero-order chi connectivity index (χ0) is 13.5. The van der Waals surface area contributed by atoms with Crippen LogP contribution in [-0.2, 0) is 11.3 Å². The summed E-state index contributed by atoms with van der Waals surface area (Å²) < 4.78 is 7.60. The van der Waals surface area contributed by atoms with E-state index in [2.05, 4.69) is 4.98 Å². The van der Waals surface area contributed by atoms with Crippen molar-refractivity contribution in [1.29, 1.82) is 0 Å². The minimum absolute atomic E-state index is 0.129. The first-order chi connectivity index (χ1) is 9.25. The van der Waals surface area contributed by atoms with E-state index in [1.54, 1.807) is 12.5 Å². The van der Waals surface area contributed by atoms with Crippen molar-refractivity contribution in [2.45, 2.75) is 19.4 Å². The molecule has 0 aliphatic rings. The van der Waals surface area contributed by atoms with Crippen LogP contribution in [0.3, 0.4) is 0 Å². The number of carbonyl (C=O) groups is 1. The van der Waals surface area contributed by atoms with Crippen LogP contribution in [-0.4, -0.2) is 27.2 Å². The molecule has 1 aromatic heterocycles. The summed E-state index contributed by atoms with van der Waals surface area (Å²) in [6.45, 7) is 1.10. The Labute approximate surface area is 111 Å². The van der Waals surface area contributed by atoms with Gasteiger partial charge in [0.15, 0.2) is 0 Å². The maximum atomic E-state index is 10.4. The highest BCUT2D eigenvalue weighted by Gasteiger charge is 2.04. The van der Waals surface area contributed by atoms with Crippen LogP contribution in [0.4, 0.5) is 0 Å². The first kappa shape index (κ1) is 13.1. The number of rotatable bonds is 7. The SMILES string of the molecule is O=C(O)CCCOc1ccccc1Cn1ccnc1.